The van der Waals surface area contributed by atoms with Crippen LogP contribution in [-0.4, -0.2) is 29.7 Å². The van der Waals surface area contributed by atoms with E-state index in [1.54, 1.807) is 4.18 Å². The van der Waals surface area contributed by atoms with Crippen molar-refractivity contribution in [2.75, 3.05) is 6.54 Å². The van der Waals surface area contributed by atoms with E-state index in [4.69, 9.17) is 0 Å². The van der Waals surface area contributed by atoms with Gasteiger partial charge in [-0.3, -0.25) is 0 Å². The summed E-state index contributed by atoms with van der Waals surface area (Å²) in [5, 5.41) is 0. The minimum absolute atomic E-state index is 0.0589. The van der Waals surface area contributed by atoms with E-state index in [0.29, 0.717) is 0 Å². The molecule has 1 aliphatic rings. The second-order valence-corrected chi connectivity index (χ2v) is 5.28. The van der Waals surface area contributed by atoms with Gasteiger partial charge in [-0.05, 0) is 0 Å². The summed E-state index contributed by atoms with van der Waals surface area (Å²) < 4.78 is 4.99. The molecule has 1 aliphatic heterocycles. The fourth-order valence-electron chi connectivity index (χ4n) is 0.510. The molecule has 1 saturated heterocycles. The molecule has 0 saturated carbocycles. The number of hydrogen-bond acceptors (Lipinski definition) is 1. The van der Waals surface area contributed by atoms with E-state index in [2.05, 4.69) is 3.30 Å². The van der Waals surface area contributed by atoms with Crippen molar-refractivity contribution in [2.24, 2.45) is 0 Å². The van der Waals surface area contributed by atoms with Gasteiger partial charge in [0, 0.05) is 0 Å². The molecule has 5 heavy (non-hydrogen) atoms. The monoisotopic (exact) mass is 172 g/mol. The predicted molar refractivity (Wildman–Crippen MR) is 23.2 cm³/mol. The topological polar surface area (TPSA) is 12.0 Å². The first kappa shape index (κ1) is 4.00. The van der Waals surface area contributed by atoms with Crippen LogP contribution >= 0.6 is 0 Å². The third kappa shape index (κ3) is 1.14. The van der Waals surface area contributed by atoms with Crippen LogP contribution in [0.3, 0.4) is 0 Å². The number of rotatable bonds is 0. The third-order valence-electron chi connectivity index (χ3n) is 0.814. The molecular formula is C3H7InN. The molecule has 0 aliphatic carbocycles. The molecule has 0 amide bonds. The van der Waals surface area contributed by atoms with Crippen molar-refractivity contribution in [3.63, 3.8) is 0 Å². The quantitative estimate of drug-likeness (QED) is 0.542. The van der Waals surface area contributed by atoms with Crippen LogP contribution in [-0.2, 0) is 0 Å². The van der Waals surface area contributed by atoms with E-state index in [1.165, 1.54) is 13.0 Å². The Bertz CT molecular complexity index is 18.5. The van der Waals surface area contributed by atoms with Crippen LogP contribution in [0.2, 0.25) is 4.18 Å². The SMILES string of the molecule is C1C[NH][In][CH2]1. The van der Waals surface area contributed by atoms with Gasteiger partial charge in [0.05, 0.1) is 0 Å². The molecule has 0 aromatic rings. The second-order valence-electron chi connectivity index (χ2n) is 1.30. The molecule has 1 N–H and O–H groups in total. The van der Waals surface area contributed by atoms with Crippen LogP contribution in [0.1, 0.15) is 6.42 Å². The molecule has 0 bridgehead atoms. The van der Waals surface area contributed by atoms with Crippen LogP contribution in [0.4, 0.5) is 0 Å². The molecule has 1 radical (unpaired) electrons. The van der Waals surface area contributed by atoms with E-state index >= 15 is 0 Å². The molecule has 0 spiro atoms. The fourth-order valence-corrected chi connectivity index (χ4v) is 3.42. The summed E-state index contributed by atoms with van der Waals surface area (Å²) in [6.45, 7) is 1.33. The maximum atomic E-state index is 3.41. The predicted octanol–water partition coefficient (Wildman–Crippen LogP) is 0.0172. The Morgan fingerprint density at radius 3 is 2.80 bits per heavy atom. The van der Waals surface area contributed by atoms with Gasteiger partial charge in [0.15, 0.2) is 0 Å². The van der Waals surface area contributed by atoms with E-state index in [0.717, 1.165) is 0 Å². The molecule has 0 atom stereocenters. The summed E-state index contributed by atoms with van der Waals surface area (Å²) in [5.74, 6) is 0. The zero-order chi connectivity index (χ0) is 3.54. The van der Waals surface area contributed by atoms with E-state index in [9.17, 15) is 0 Å². The van der Waals surface area contributed by atoms with E-state index in [-0.39, 0.29) is 23.2 Å². The first-order chi connectivity index (χ1) is 2.50. The molecule has 1 nitrogen and oxygen atoms in total. The Hall–Kier alpha value is 0.830. The first-order valence-electron chi connectivity index (χ1n) is 2.05. The van der Waals surface area contributed by atoms with Crippen LogP contribution in [0.5, 0.6) is 0 Å². The summed E-state index contributed by atoms with van der Waals surface area (Å²) in [7, 11) is 0. The molecule has 1 fully saturated rings. The minimum atomic E-state index is -0.0589. The molecule has 0 aromatic heterocycles. The number of nitrogens with one attached hydrogen (secondary N) is 1. The molecule has 1 heterocycles. The Morgan fingerprint density at radius 2 is 2.60 bits per heavy atom. The van der Waals surface area contributed by atoms with Crippen molar-refractivity contribution in [1.29, 1.82) is 0 Å². The van der Waals surface area contributed by atoms with Crippen LogP contribution < -0.4 is 3.30 Å². The van der Waals surface area contributed by atoms with Gasteiger partial charge >= 0.3 is 43.6 Å². The van der Waals surface area contributed by atoms with Gasteiger partial charge in [0.2, 0.25) is 0 Å². The van der Waals surface area contributed by atoms with Crippen molar-refractivity contribution in [1.82, 2.24) is 3.30 Å². The number of hydrogen-bond donors (Lipinski definition) is 1. The Balaban J connectivity index is 2.08. The Morgan fingerprint density at radius 1 is 1.60 bits per heavy atom. The van der Waals surface area contributed by atoms with Crippen molar-refractivity contribution < 1.29 is 0 Å². The third-order valence-corrected chi connectivity index (χ3v) is 4.45. The summed E-state index contributed by atoms with van der Waals surface area (Å²) >= 11 is -0.0589. The standard InChI is InChI=1S/C3H7N.In/c1-2-3-4;/h4H,1-3H2;/q-1;+1. The average molecular weight is 172 g/mol. The summed E-state index contributed by atoms with van der Waals surface area (Å²) in [6, 6.07) is 0. The normalized spacial score (nSPS) is 22.4. The van der Waals surface area contributed by atoms with Gasteiger partial charge in [-0.1, -0.05) is 0 Å². The fraction of sp³-hybridized carbons (Fsp3) is 1.00. The molecular weight excluding hydrogens is 165 g/mol. The molecule has 27 valence electrons. The first-order valence-corrected chi connectivity index (χ1v) is 6.03. The second kappa shape index (κ2) is 2.08. The zero-order valence-corrected chi connectivity index (χ0v) is 6.49. The van der Waals surface area contributed by atoms with E-state index < -0.39 is 0 Å². The summed E-state index contributed by atoms with van der Waals surface area (Å²) in [6.07, 6.45) is 1.47. The summed E-state index contributed by atoms with van der Waals surface area (Å²) in [4.78, 5) is 0. The van der Waals surface area contributed by atoms with E-state index in [1.807, 2.05) is 0 Å². The van der Waals surface area contributed by atoms with Crippen LogP contribution in [0.15, 0.2) is 0 Å². The Labute approximate surface area is 43.9 Å². The van der Waals surface area contributed by atoms with Gasteiger partial charge in [0.25, 0.3) is 0 Å². The molecule has 0 unspecified atom stereocenters. The Kier molecular flexibility index (Phi) is 1.67. The molecule has 2 heteroatoms. The van der Waals surface area contributed by atoms with Crippen molar-refractivity contribution >= 4 is 23.2 Å². The van der Waals surface area contributed by atoms with Crippen molar-refractivity contribution in [3.05, 3.63) is 0 Å². The van der Waals surface area contributed by atoms with Crippen molar-refractivity contribution in [3.8, 4) is 0 Å². The van der Waals surface area contributed by atoms with Gasteiger partial charge in [0.1, 0.15) is 0 Å². The summed E-state index contributed by atoms with van der Waals surface area (Å²) in [5.41, 5.74) is 0. The van der Waals surface area contributed by atoms with Gasteiger partial charge in [-0.2, -0.15) is 0 Å². The van der Waals surface area contributed by atoms with Crippen molar-refractivity contribution in [2.45, 2.75) is 10.6 Å². The molecule has 0 aromatic carbocycles. The van der Waals surface area contributed by atoms with Crippen LogP contribution in [0.25, 0.3) is 0 Å². The zero-order valence-electron chi connectivity index (χ0n) is 3.20. The van der Waals surface area contributed by atoms with Gasteiger partial charge in [-0.25, -0.2) is 0 Å². The van der Waals surface area contributed by atoms with Gasteiger partial charge < -0.3 is 0 Å². The van der Waals surface area contributed by atoms with Gasteiger partial charge in [-0.15, -0.1) is 0 Å². The average Bonchev–Trinajstić information content (AvgIpc) is 1.76. The maximum absolute atomic E-state index is 3.41. The van der Waals surface area contributed by atoms with Crippen LogP contribution in [0, 0.1) is 0 Å². The molecule has 1 rings (SSSR count).